The summed E-state index contributed by atoms with van der Waals surface area (Å²) in [4.78, 5) is 17.2. The number of piperidine rings is 2. The lowest BCUT2D eigenvalue weighted by atomic mass is 9.98. The molecule has 2 fully saturated rings. The summed E-state index contributed by atoms with van der Waals surface area (Å²) in [7, 11) is 0. The maximum Gasteiger partial charge on any atom is 0.239 e. The van der Waals surface area contributed by atoms with Gasteiger partial charge in [-0.05, 0) is 37.8 Å². The quantitative estimate of drug-likeness (QED) is 0.929. The second kappa shape index (κ2) is 7.25. The molecule has 0 aliphatic carbocycles. The van der Waals surface area contributed by atoms with Gasteiger partial charge in [0.1, 0.15) is 0 Å². The third-order valence-corrected chi connectivity index (χ3v) is 4.90. The van der Waals surface area contributed by atoms with E-state index < -0.39 is 0 Å². The number of aliphatic hydroxyl groups excluding tert-OH is 1. The molecule has 0 spiro atoms. The molecule has 3 rings (SSSR count). The molecule has 2 aliphatic rings. The van der Waals surface area contributed by atoms with Crippen LogP contribution in [0.1, 0.15) is 37.7 Å². The predicted octanol–water partition coefficient (Wildman–Crippen LogP) is 2.02. The van der Waals surface area contributed by atoms with E-state index in [4.69, 9.17) is 0 Å². The first kappa shape index (κ1) is 15.5. The van der Waals surface area contributed by atoms with E-state index in [-0.39, 0.29) is 18.1 Å². The van der Waals surface area contributed by atoms with Crippen molar-refractivity contribution in [2.75, 3.05) is 19.6 Å². The zero-order chi connectivity index (χ0) is 15.4. The van der Waals surface area contributed by atoms with Gasteiger partial charge < -0.3 is 10.0 Å². The highest BCUT2D eigenvalue weighted by atomic mass is 16.3. The van der Waals surface area contributed by atoms with Crippen molar-refractivity contribution in [3.05, 3.63) is 35.9 Å². The molecule has 120 valence electrons. The molecule has 1 N–H and O–H groups in total. The number of aliphatic hydroxyl groups is 1. The Morgan fingerprint density at radius 3 is 2.50 bits per heavy atom. The summed E-state index contributed by atoms with van der Waals surface area (Å²) in [6.45, 7) is 3.26. The Bertz CT molecular complexity index is 483. The smallest absolute Gasteiger partial charge is 0.239 e. The second-order valence-corrected chi connectivity index (χ2v) is 6.52. The maximum atomic E-state index is 12.9. The highest BCUT2D eigenvalue weighted by molar-refractivity contribution is 5.82. The Morgan fingerprint density at radius 2 is 1.77 bits per heavy atom. The van der Waals surface area contributed by atoms with Crippen LogP contribution in [0.2, 0.25) is 0 Å². The van der Waals surface area contributed by atoms with Gasteiger partial charge in [-0.2, -0.15) is 0 Å². The van der Waals surface area contributed by atoms with E-state index in [0.717, 1.165) is 38.8 Å². The topological polar surface area (TPSA) is 43.8 Å². The van der Waals surface area contributed by atoms with Gasteiger partial charge in [-0.1, -0.05) is 36.8 Å². The normalized spacial score (nSPS) is 24.4. The molecule has 0 saturated carbocycles. The molecule has 1 amide bonds. The van der Waals surface area contributed by atoms with Crippen LogP contribution in [-0.2, 0) is 11.3 Å². The zero-order valence-electron chi connectivity index (χ0n) is 13.2. The number of amides is 1. The third kappa shape index (κ3) is 3.68. The van der Waals surface area contributed by atoms with Crippen LogP contribution in [0.4, 0.5) is 0 Å². The van der Waals surface area contributed by atoms with Crippen molar-refractivity contribution in [1.29, 1.82) is 0 Å². The molecule has 2 aliphatic heterocycles. The van der Waals surface area contributed by atoms with Gasteiger partial charge in [0.15, 0.2) is 0 Å². The molecule has 1 aromatic carbocycles. The molecule has 1 aromatic rings. The van der Waals surface area contributed by atoms with Crippen molar-refractivity contribution < 1.29 is 9.90 Å². The molecular weight excluding hydrogens is 276 g/mol. The Balaban J connectivity index is 1.65. The largest absolute Gasteiger partial charge is 0.393 e. The molecular formula is C18H26N2O2. The molecule has 0 aromatic heterocycles. The highest BCUT2D eigenvalue weighted by Crippen LogP contribution is 2.23. The molecule has 0 bridgehead atoms. The van der Waals surface area contributed by atoms with Crippen LogP contribution < -0.4 is 0 Å². The van der Waals surface area contributed by atoms with Crippen LogP contribution in [0.15, 0.2) is 30.3 Å². The average Bonchev–Trinajstić information content (AvgIpc) is 2.56. The summed E-state index contributed by atoms with van der Waals surface area (Å²) >= 11 is 0. The van der Waals surface area contributed by atoms with Gasteiger partial charge in [0.2, 0.25) is 5.91 Å². The number of rotatable bonds is 3. The summed E-state index contributed by atoms with van der Waals surface area (Å²) in [5, 5.41) is 9.62. The monoisotopic (exact) mass is 302 g/mol. The lowest BCUT2D eigenvalue weighted by Gasteiger charge is -2.39. The Labute approximate surface area is 132 Å². The number of nitrogens with zero attached hydrogens (tertiary/aromatic N) is 2. The number of carbonyl (C=O) groups is 1. The fourth-order valence-corrected chi connectivity index (χ4v) is 3.57. The van der Waals surface area contributed by atoms with Crippen LogP contribution in [0.3, 0.4) is 0 Å². The van der Waals surface area contributed by atoms with Crippen molar-refractivity contribution in [3.8, 4) is 0 Å². The fourth-order valence-electron chi connectivity index (χ4n) is 3.57. The van der Waals surface area contributed by atoms with E-state index >= 15 is 0 Å². The zero-order valence-corrected chi connectivity index (χ0v) is 13.2. The number of hydrogen-bond donors (Lipinski definition) is 1. The third-order valence-electron chi connectivity index (χ3n) is 4.90. The number of carbonyl (C=O) groups excluding carboxylic acids is 1. The molecule has 0 radical (unpaired) electrons. The molecule has 2 saturated heterocycles. The van der Waals surface area contributed by atoms with Gasteiger partial charge in [0, 0.05) is 19.6 Å². The Kier molecular flexibility index (Phi) is 5.11. The van der Waals surface area contributed by atoms with Crippen LogP contribution in [-0.4, -0.2) is 52.6 Å². The van der Waals surface area contributed by atoms with Gasteiger partial charge in [0.25, 0.3) is 0 Å². The van der Waals surface area contributed by atoms with Crippen molar-refractivity contribution in [2.45, 2.75) is 50.8 Å². The molecule has 4 nitrogen and oxygen atoms in total. The minimum atomic E-state index is -0.226. The maximum absolute atomic E-state index is 12.9. The summed E-state index contributed by atoms with van der Waals surface area (Å²) in [6.07, 6.45) is 4.49. The van der Waals surface area contributed by atoms with Crippen LogP contribution >= 0.6 is 0 Å². The molecule has 2 heterocycles. The van der Waals surface area contributed by atoms with E-state index in [1.165, 1.54) is 12.0 Å². The van der Waals surface area contributed by atoms with Gasteiger partial charge in [-0.25, -0.2) is 0 Å². The van der Waals surface area contributed by atoms with Crippen LogP contribution in [0.25, 0.3) is 0 Å². The molecule has 1 atom stereocenters. The van der Waals surface area contributed by atoms with E-state index in [9.17, 15) is 9.90 Å². The molecule has 1 unspecified atom stereocenters. The minimum absolute atomic E-state index is 0.0178. The molecule has 4 heteroatoms. The van der Waals surface area contributed by atoms with E-state index in [0.29, 0.717) is 13.1 Å². The number of hydrogen-bond acceptors (Lipinski definition) is 3. The number of likely N-dealkylation sites (tertiary alicyclic amines) is 2. The SMILES string of the molecule is O=C(C1CCCCN1Cc1ccccc1)N1CCC(O)CC1. The Hall–Kier alpha value is -1.39. The lowest BCUT2D eigenvalue weighted by molar-refractivity contribution is -0.140. The van der Waals surface area contributed by atoms with Crippen LogP contribution in [0.5, 0.6) is 0 Å². The van der Waals surface area contributed by atoms with Gasteiger partial charge >= 0.3 is 0 Å². The summed E-state index contributed by atoms with van der Waals surface area (Å²) < 4.78 is 0. The fraction of sp³-hybridized carbons (Fsp3) is 0.611. The highest BCUT2D eigenvalue weighted by Gasteiger charge is 2.33. The van der Waals surface area contributed by atoms with Gasteiger partial charge in [-0.15, -0.1) is 0 Å². The number of benzene rings is 1. The first-order valence-corrected chi connectivity index (χ1v) is 8.49. The van der Waals surface area contributed by atoms with Crippen molar-refractivity contribution in [1.82, 2.24) is 9.80 Å². The average molecular weight is 302 g/mol. The molecule has 22 heavy (non-hydrogen) atoms. The Morgan fingerprint density at radius 1 is 1.05 bits per heavy atom. The van der Waals surface area contributed by atoms with E-state index in [1.807, 2.05) is 11.0 Å². The van der Waals surface area contributed by atoms with E-state index in [2.05, 4.69) is 29.2 Å². The summed E-state index contributed by atoms with van der Waals surface area (Å²) in [5.74, 6) is 0.266. The van der Waals surface area contributed by atoms with Gasteiger partial charge in [0.05, 0.1) is 12.1 Å². The predicted molar refractivity (Wildman–Crippen MR) is 86.3 cm³/mol. The van der Waals surface area contributed by atoms with Crippen molar-refractivity contribution >= 4 is 5.91 Å². The van der Waals surface area contributed by atoms with Crippen molar-refractivity contribution in [2.24, 2.45) is 0 Å². The first-order valence-electron chi connectivity index (χ1n) is 8.49. The van der Waals surface area contributed by atoms with E-state index in [1.54, 1.807) is 0 Å². The second-order valence-electron chi connectivity index (χ2n) is 6.52. The lowest BCUT2D eigenvalue weighted by Crippen LogP contribution is -2.52. The van der Waals surface area contributed by atoms with Crippen molar-refractivity contribution in [3.63, 3.8) is 0 Å². The first-order chi connectivity index (χ1) is 10.7. The summed E-state index contributed by atoms with van der Waals surface area (Å²) in [6, 6.07) is 10.4. The standard InChI is InChI=1S/C18H26N2O2/c21-16-9-12-19(13-10-16)18(22)17-8-4-5-11-20(17)14-15-6-2-1-3-7-15/h1-3,6-7,16-17,21H,4-5,8-14H2. The summed E-state index contributed by atoms with van der Waals surface area (Å²) in [5.41, 5.74) is 1.27. The van der Waals surface area contributed by atoms with Gasteiger partial charge in [-0.3, -0.25) is 9.69 Å². The van der Waals surface area contributed by atoms with Crippen LogP contribution in [0, 0.1) is 0 Å². The minimum Gasteiger partial charge on any atom is -0.393 e.